The zero-order valence-corrected chi connectivity index (χ0v) is 11.1. The van der Waals surface area contributed by atoms with Crippen molar-refractivity contribution in [1.29, 1.82) is 0 Å². The van der Waals surface area contributed by atoms with Crippen LogP contribution in [-0.2, 0) is 0 Å². The van der Waals surface area contributed by atoms with Crippen LogP contribution in [0.3, 0.4) is 0 Å². The second-order valence-electron chi connectivity index (χ2n) is 4.09. The summed E-state index contributed by atoms with van der Waals surface area (Å²) < 4.78 is 14.6. The summed E-state index contributed by atoms with van der Waals surface area (Å²) in [6, 6.07) is 9.43. The minimum absolute atomic E-state index is 0.278. The quantitative estimate of drug-likeness (QED) is 0.803. The zero-order valence-electron chi connectivity index (χ0n) is 10.3. The predicted molar refractivity (Wildman–Crippen MR) is 75.8 cm³/mol. The summed E-state index contributed by atoms with van der Waals surface area (Å²) in [6.45, 7) is 0. The van der Waals surface area contributed by atoms with Gasteiger partial charge in [0, 0.05) is 11.6 Å². The maximum absolute atomic E-state index is 13.2. The SMILES string of the molecule is O=C(Nc1ccsc1)c1ccn(-c2cccc(F)c2)n1. The van der Waals surface area contributed by atoms with Crippen molar-refractivity contribution in [2.75, 3.05) is 5.32 Å². The molecule has 3 aromatic rings. The number of anilines is 1. The van der Waals surface area contributed by atoms with Crippen molar-refractivity contribution in [3.05, 3.63) is 64.9 Å². The highest BCUT2D eigenvalue weighted by Gasteiger charge is 2.10. The molecule has 0 spiro atoms. The summed E-state index contributed by atoms with van der Waals surface area (Å²) in [4.78, 5) is 12.0. The van der Waals surface area contributed by atoms with Crippen LogP contribution in [0, 0.1) is 5.82 Å². The summed E-state index contributed by atoms with van der Waals surface area (Å²) in [7, 11) is 0. The van der Waals surface area contributed by atoms with Crippen molar-refractivity contribution in [3.8, 4) is 5.69 Å². The number of nitrogens with one attached hydrogen (secondary N) is 1. The smallest absolute Gasteiger partial charge is 0.276 e. The molecule has 3 rings (SSSR count). The zero-order chi connectivity index (χ0) is 13.9. The molecule has 0 radical (unpaired) electrons. The first-order valence-electron chi connectivity index (χ1n) is 5.87. The average molecular weight is 287 g/mol. The highest BCUT2D eigenvalue weighted by atomic mass is 32.1. The molecule has 4 nitrogen and oxygen atoms in total. The molecule has 0 bridgehead atoms. The third-order valence-electron chi connectivity index (χ3n) is 2.67. The fourth-order valence-electron chi connectivity index (χ4n) is 1.74. The van der Waals surface area contributed by atoms with E-state index >= 15 is 0 Å². The van der Waals surface area contributed by atoms with Gasteiger partial charge in [0.05, 0.1) is 11.4 Å². The molecule has 0 saturated heterocycles. The van der Waals surface area contributed by atoms with Crippen LogP contribution in [0.1, 0.15) is 10.5 Å². The topological polar surface area (TPSA) is 46.9 Å². The summed E-state index contributed by atoms with van der Waals surface area (Å²) in [5, 5.41) is 10.6. The van der Waals surface area contributed by atoms with Gasteiger partial charge < -0.3 is 5.32 Å². The minimum atomic E-state index is -0.345. The van der Waals surface area contributed by atoms with E-state index in [9.17, 15) is 9.18 Å². The fourth-order valence-corrected chi connectivity index (χ4v) is 2.33. The highest BCUT2D eigenvalue weighted by molar-refractivity contribution is 7.08. The van der Waals surface area contributed by atoms with Gasteiger partial charge in [-0.1, -0.05) is 6.07 Å². The van der Waals surface area contributed by atoms with Crippen LogP contribution in [-0.4, -0.2) is 15.7 Å². The van der Waals surface area contributed by atoms with Gasteiger partial charge in [-0.25, -0.2) is 9.07 Å². The number of aromatic nitrogens is 2. The molecule has 100 valence electrons. The van der Waals surface area contributed by atoms with Crippen LogP contribution in [0.15, 0.2) is 53.4 Å². The Labute approximate surface area is 118 Å². The number of carbonyl (C=O) groups is 1. The first-order valence-corrected chi connectivity index (χ1v) is 6.82. The van der Waals surface area contributed by atoms with Gasteiger partial charge in [0.2, 0.25) is 0 Å². The molecule has 20 heavy (non-hydrogen) atoms. The largest absolute Gasteiger partial charge is 0.320 e. The molecule has 6 heteroatoms. The third-order valence-corrected chi connectivity index (χ3v) is 3.36. The monoisotopic (exact) mass is 287 g/mol. The Morgan fingerprint density at radius 3 is 2.95 bits per heavy atom. The van der Waals surface area contributed by atoms with E-state index in [1.54, 1.807) is 24.4 Å². The number of carbonyl (C=O) groups excluding carboxylic acids is 1. The lowest BCUT2D eigenvalue weighted by Gasteiger charge is -2.01. The van der Waals surface area contributed by atoms with Crippen molar-refractivity contribution in [2.24, 2.45) is 0 Å². The lowest BCUT2D eigenvalue weighted by atomic mass is 10.3. The second kappa shape index (κ2) is 5.26. The minimum Gasteiger partial charge on any atom is -0.320 e. The molecular formula is C14H10FN3OS. The van der Waals surface area contributed by atoms with Crippen LogP contribution >= 0.6 is 11.3 Å². The van der Waals surface area contributed by atoms with E-state index in [-0.39, 0.29) is 17.4 Å². The fraction of sp³-hybridized carbons (Fsp3) is 0. The van der Waals surface area contributed by atoms with Gasteiger partial charge in [0.1, 0.15) is 5.82 Å². The second-order valence-corrected chi connectivity index (χ2v) is 4.87. The number of nitrogens with zero attached hydrogens (tertiary/aromatic N) is 2. The number of benzene rings is 1. The molecule has 0 atom stereocenters. The van der Waals surface area contributed by atoms with E-state index in [0.717, 1.165) is 5.69 Å². The van der Waals surface area contributed by atoms with Gasteiger partial charge in [-0.15, -0.1) is 0 Å². The van der Waals surface area contributed by atoms with Crippen molar-refractivity contribution < 1.29 is 9.18 Å². The maximum atomic E-state index is 13.2. The van der Waals surface area contributed by atoms with E-state index in [4.69, 9.17) is 0 Å². The van der Waals surface area contributed by atoms with E-state index in [1.165, 1.54) is 28.2 Å². The van der Waals surface area contributed by atoms with E-state index in [1.807, 2.05) is 16.8 Å². The van der Waals surface area contributed by atoms with Gasteiger partial charge in [-0.05, 0) is 35.7 Å². The van der Waals surface area contributed by atoms with Crippen LogP contribution < -0.4 is 5.32 Å². The lowest BCUT2D eigenvalue weighted by molar-refractivity contribution is 0.102. The van der Waals surface area contributed by atoms with E-state index in [2.05, 4.69) is 10.4 Å². The van der Waals surface area contributed by atoms with Crippen molar-refractivity contribution in [1.82, 2.24) is 9.78 Å². The Morgan fingerprint density at radius 1 is 1.30 bits per heavy atom. The first-order chi connectivity index (χ1) is 9.72. The summed E-state index contributed by atoms with van der Waals surface area (Å²) in [5.74, 6) is -0.638. The summed E-state index contributed by atoms with van der Waals surface area (Å²) >= 11 is 1.50. The van der Waals surface area contributed by atoms with Crippen LogP contribution in [0.25, 0.3) is 5.69 Å². The molecule has 2 heterocycles. The van der Waals surface area contributed by atoms with Crippen LogP contribution in [0.5, 0.6) is 0 Å². The van der Waals surface area contributed by atoms with Crippen molar-refractivity contribution in [3.63, 3.8) is 0 Å². The van der Waals surface area contributed by atoms with Crippen molar-refractivity contribution >= 4 is 22.9 Å². The predicted octanol–water partition coefficient (Wildman–Crippen LogP) is 3.33. The van der Waals surface area contributed by atoms with Gasteiger partial charge in [0.25, 0.3) is 5.91 Å². The molecule has 2 aromatic heterocycles. The average Bonchev–Trinajstić information content (AvgIpc) is 3.09. The number of halogens is 1. The molecule has 1 amide bonds. The molecule has 1 N–H and O–H groups in total. The highest BCUT2D eigenvalue weighted by Crippen LogP contribution is 2.14. The van der Waals surface area contributed by atoms with Gasteiger partial charge in [-0.2, -0.15) is 16.4 Å². The number of hydrogen-bond acceptors (Lipinski definition) is 3. The number of amides is 1. The summed E-state index contributed by atoms with van der Waals surface area (Å²) in [5.41, 5.74) is 1.58. The Bertz CT molecular complexity index is 736. The Hall–Kier alpha value is -2.47. The Balaban J connectivity index is 1.81. The van der Waals surface area contributed by atoms with Crippen LogP contribution in [0.2, 0.25) is 0 Å². The summed E-state index contributed by atoms with van der Waals surface area (Å²) in [6.07, 6.45) is 1.62. The Morgan fingerprint density at radius 2 is 2.20 bits per heavy atom. The van der Waals surface area contributed by atoms with Gasteiger partial charge in [-0.3, -0.25) is 4.79 Å². The van der Waals surface area contributed by atoms with Crippen LogP contribution in [0.4, 0.5) is 10.1 Å². The maximum Gasteiger partial charge on any atom is 0.276 e. The van der Waals surface area contributed by atoms with Gasteiger partial charge in [0.15, 0.2) is 5.69 Å². The molecule has 0 aliphatic rings. The lowest BCUT2D eigenvalue weighted by Crippen LogP contribution is -2.12. The standard InChI is InChI=1S/C14H10FN3OS/c15-10-2-1-3-12(8-10)18-6-4-13(17-18)14(19)16-11-5-7-20-9-11/h1-9H,(H,16,19). The molecule has 0 saturated carbocycles. The molecular weight excluding hydrogens is 277 g/mol. The normalized spacial score (nSPS) is 10.4. The number of hydrogen-bond donors (Lipinski definition) is 1. The Kier molecular flexibility index (Phi) is 3.30. The molecule has 0 fully saturated rings. The van der Waals surface area contributed by atoms with Gasteiger partial charge >= 0.3 is 0 Å². The molecule has 0 aliphatic carbocycles. The third kappa shape index (κ3) is 2.60. The number of rotatable bonds is 3. The molecule has 0 aliphatic heterocycles. The molecule has 1 aromatic carbocycles. The number of thiophene rings is 1. The van der Waals surface area contributed by atoms with E-state index < -0.39 is 0 Å². The molecule has 0 unspecified atom stereocenters. The van der Waals surface area contributed by atoms with E-state index in [0.29, 0.717) is 5.69 Å². The first kappa shape index (κ1) is 12.6. The van der Waals surface area contributed by atoms with Crippen molar-refractivity contribution in [2.45, 2.75) is 0 Å².